The van der Waals surface area contributed by atoms with E-state index in [-0.39, 0.29) is 34.5 Å². The third-order valence-corrected chi connectivity index (χ3v) is 2.84. The lowest BCUT2D eigenvalue weighted by Crippen LogP contribution is -2.11. The molecule has 4 nitrogen and oxygen atoms in total. The topological polar surface area (TPSA) is 66.8 Å². The van der Waals surface area contributed by atoms with Crippen molar-refractivity contribution in [3.8, 4) is 17.2 Å². The summed E-state index contributed by atoms with van der Waals surface area (Å²) in [5.41, 5.74) is 0.911. The van der Waals surface area contributed by atoms with Crippen molar-refractivity contribution in [1.29, 1.82) is 0 Å². The van der Waals surface area contributed by atoms with Gasteiger partial charge in [-0.15, -0.1) is 0 Å². The molecule has 1 aromatic carbocycles. The van der Waals surface area contributed by atoms with Crippen LogP contribution in [0.15, 0.2) is 0 Å². The summed E-state index contributed by atoms with van der Waals surface area (Å²) in [5.74, 6) is -0.462. The van der Waals surface area contributed by atoms with Crippen molar-refractivity contribution in [3.63, 3.8) is 0 Å². The Labute approximate surface area is 101 Å². The SMILES string of the molecule is COc1c(C)c(O)c(C)c(O)c1C(=O)C(C)C. The first-order chi connectivity index (χ1) is 7.82. The average molecular weight is 238 g/mol. The second-order valence-electron chi connectivity index (χ2n) is 4.37. The Kier molecular flexibility index (Phi) is 3.66. The van der Waals surface area contributed by atoms with E-state index in [0.717, 1.165) is 0 Å². The van der Waals surface area contributed by atoms with Crippen LogP contribution in [0.3, 0.4) is 0 Å². The van der Waals surface area contributed by atoms with Gasteiger partial charge in [0.1, 0.15) is 22.8 Å². The summed E-state index contributed by atoms with van der Waals surface area (Å²) in [6.07, 6.45) is 0. The maximum Gasteiger partial charge on any atom is 0.172 e. The fraction of sp³-hybridized carbons (Fsp3) is 0.462. The lowest BCUT2D eigenvalue weighted by Gasteiger charge is -2.17. The van der Waals surface area contributed by atoms with E-state index in [2.05, 4.69) is 0 Å². The van der Waals surface area contributed by atoms with Crippen molar-refractivity contribution in [1.82, 2.24) is 0 Å². The lowest BCUT2D eigenvalue weighted by molar-refractivity contribution is 0.0933. The smallest absolute Gasteiger partial charge is 0.172 e. The molecule has 0 unspecified atom stereocenters. The Morgan fingerprint density at radius 3 is 2.06 bits per heavy atom. The van der Waals surface area contributed by atoms with E-state index in [9.17, 15) is 15.0 Å². The molecule has 0 radical (unpaired) electrons. The molecule has 2 N–H and O–H groups in total. The van der Waals surface area contributed by atoms with Gasteiger partial charge in [-0.1, -0.05) is 13.8 Å². The van der Waals surface area contributed by atoms with Gasteiger partial charge in [0.25, 0.3) is 0 Å². The van der Waals surface area contributed by atoms with Crippen molar-refractivity contribution in [2.45, 2.75) is 27.7 Å². The van der Waals surface area contributed by atoms with E-state index in [1.807, 2.05) is 0 Å². The number of carbonyl (C=O) groups excluding carboxylic acids is 1. The van der Waals surface area contributed by atoms with Gasteiger partial charge in [-0.05, 0) is 13.8 Å². The fourth-order valence-electron chi connectivity index (χ4n) is 1.76. The molecule has 17 heavy (non-hydrogen) atoms. The number of carbonyl (C=O) groups is 1. The molecule has 0 aromatic heterocycles. The number of rotatable bonds is 3. The highest BCUT2D eigenvalue weighted by atomic mass is 16.5. The van der Waals surface area contributed by atoms with E-state index in [4.69, 9.17) is 4.74 Å². The molecule has 1 aromatic rings. The molecule has 4 heteroatoms. The predicted molar refractivity (Wildman–Crippen MR) is 65.0 cm³/mol. The highest BCUT2D eigenvalue weighted by molar-refractivity contribution is 6.03. The van der Waals surface area contributed by atoms with E-state index in [0.29, 0.717) is 11.1 Å². The zero-order chi connectivity index (χ0) is 13.3. The number of hydrogen-bond donors (Lipinski definition) is 2. The molecule has 0 bridgehead atoms. The Morgan fingerprint density at radius 2 is 1.65 bits per heavy atom. The Morgan fingerprint density at radius 1 is 1.12 bits per heavy atom. The molecule has 0 atom stereocenters. The van der Waals surface area contributed by atoms with Gasteiger partial charge in [0, 0.05) is 17.0 Å². The van der Waals surface area contributed by atoms with Crippen LogP contribution in [-0.4, -0.2) is 23.1 Å². The van der Waals surface area contributed by atoms with Crippen molar-refractivity contribution in [2.24, 2.45) is 5.92 Å². The molecular weight excluding hydrogens is 220 g/mol. The summed E-state index contributed by atoms with van der Waals surface area (Å²) in [7, 11) is 1.41. The number of ether oxygens (including phenoxy) is 1. The molecule has 1 rings (SSSR count). The first-order valence-corrected chi connectivity index (χ1v) is 5.46. The minimum absolute atomic E-state index is 0.0420. The Hall–Kier alpha value is -1.71. The van der Waals surface area contributed by atoms with Gasteiger partial charge in [0.15, 0.2) is 5.78 Å². The van der Waals surface area contributed by atoms with Crippen LogP contribution in [0, 0.1) is 19.8 Å². The summed E-state index contributed by atoms with van der Waals surface area (Å²) >= 11 is 0. The number of benzene rings is 1. The molecule has 0 aliphatic rings. The summed E-state index contributed by atoms with van der Waals surface area (Å²) < 4.78 is 5.12. The largest absolute Gasteiger partial charge is 0.507 e. The second-order valence-corrected chi connectivity index (χ2v) is 4.37. The van der Waals surface area contributed by atoms with Gasteiger partial charge in [-0.25, -0.2) is 0 Å². The zero-order valence-corrected chi connectivity index (χ0v) is 10.8. The quantitative estimate of drug-likeness (QED) is 0.794. The summed E-state index contributed by atoms with van der Waals surface area (Å²) in [6.45, 7) is 6.71. The lowest BCUT2D eigenvalue weighted by atomic mass is 9.94. The van der Waals surface area contributed by atoms with Gasteiger partial charge < -0.3 is 14.9 Å². The normalized spacial score (nSPS) is 10.7. The molecule has 0 saturated heterocycles. The van der Waals surface area contributed by atoms with E-state index in [1.165, 1.54) is 7.11 Å². The molecule has 0 aliphatic heterocycles. The number of aromatic hydroxyl groups is 2. The van der Waals surface area contributed by atoms with Crippen LogP contribution in [-0.2, 0) is 0 Å². The Balaban J connectivity index is 3.64. The third kappa shape index (κ3) is 2.07. The molecule has 0 amide bonds. The Bertz CT molecular complexity index is 461. The van der Waals surface area contributed by atoms with Gasteiger partial charge in [-0.2, -0.15) is 0 Å². The number of methoxy groups -OCH3 is 1. The summed E-state index contributed by atoms with van der Waals surface area (Å²) in [4.78, 5) is 12.0. The van der Waals surface area contributed by atoms with Crippen LogP contribution >= 0.6 is 0 Å². The van der Waals surface area contributed by atoms with E-state index in [1.54, 1.807) is 27.7 Å². The van der Waals surface area contributed by atoms with Crippen LogP contribution in [0.25, 0.3) is 0 Å². The number of Topliss-reactive ketones (excluding diaryl/α,β-unsaturated/α-hetero) is 1. The van der Waals surface area contributed by atoms with E-state index >= 15 is 0 Å². The fourth-order valence-corrected chi connectivity index (χ4v) is 1.76. The number of phenols is 2. The van der Waals surface area contributed by atoms with Crippen LogP contribution in [0.1, 0.15) is 35.3 Å². The summed E-state index contributed by atoms with van der Waals surface area (Å²) in [6, 6.07) is 0. The standard InChI is InChI=1S/C13H18O4/c1-6(2)10(14)9-12(16)7(3)11(15)8(4)13(9)17-5/h6,15-16H,1-5H3. The minimum Gasteiger partial charge on any atom is -0.507 e. The van der Waals surface area contributed by atoms with Crippen molar-refractivity contribution in [2.75, 3.05) is 7.11 Å². The monoisotopic (exact) mass is 238 g/mol. The van der Waals surface area contributed by atoms with Crippen LogP contribution < -0.4 is 4.74 Å². The van der Waals surface area contributed by atoms with Gasteiger partial charge in [0.2, 0.25) is 0 Å². The highest BCUT2D eigenvalue weighted by Gasteiger charge is 2.26. The van der Waals surface area contributed by atoms with E-state index < -0.39 is 0 Å². The molecule has 0 fully saturated rings. The third-order valence-electron chi connectivity index (χ3n) is 2.84. The maximum absolute atomic E-state index is 12.0. The van der Waals surface area contributed by atoms with Gasteiger partial charge in [-0.3, -0.25) is 4.79 Å². The molecule has 0 heterocycles. The molecular formula is C13H18O4. The van der Waals surface area contributed by atoms with Crippen LogP contribution in [0.5, 0.6) is 17.2 Å². The minimum atomic E-state index is -0.252. The second kappa shape index (κ2) is 4.65. The van der Waals surface area contributed by atoms with Gasteiger partial charge >= 0.3 is 0 Å². The molecule has 94 valence electrons. The molecule has 0 saturated carbocycles. The average Bonchev–Trinajstić information content (AvgIpc) is 2.29. The van der Waals surface area contributed by atoms with Crippen molar-refractivity contribution in [3.05, 3.63) is 16.7 Å². The molecule has 0 aliphatic carbocycles. The first kappa shape index (κ1) is 13.4. The van der Waals surface area contributed by atoms with Crippen molar-refractivity contribution >= 4 is 5.78 Å². The van der Waals surface area contributed by atoms with Gasteiger partial charge in [0.05, 0.1) is 7.11 Å². The molecule has 0 spiro atoms. The number of ketones is 1. The first-order valence-electron chi connectivity index (χ1n) is 5.46. The van der Waals surface area contributed by atoms with Crippen LogP contribution in [0.4, 0.5) is 0 Å². The predicted octanol–water partition coefficient (Wildman–Crippen LogP) is 2.56. The highest BCUT2D eigenvalue weighted by Crippen LogP contribution is 2.42. The van der Waals surface area contributed by atoms with Crippen LogP contribution in [0.2, 0.25) is 0 Å². The number of phenolic OH excluding ortho intramolecular Hbond substituents is 2. The van der Waals surface area contributed by atoms with Crippen molar-refractivity contribution < 1.29 is 19.7 Å². The summed E-state index contributed by atoms with van der Waals surface area (Å²) in [5, 5.41) is 19.8. The maximum atomic E-state index is 12.0. The zero-order valence-electron chi connectivity index (χ0n) is 10.8. The number of hydrogen-bond acceptors (Lipinski definition) is 4.